The quantitative estimate of drug-likeness (QED) is 0.923. The van der Waals surface area contributed by atoms with Crippen LogP contribution in [0.3, 0.4) is 0 Å². The summed E-state index contributed by atoms with van der Waals surface area (Å²) in [5, 5.41) is 4.09. The van der Waals surface area contributed by atoms with E-state index in [4.69, 9.17) is 4.98 Å². The molecule has 1 saturated heterocycles. The molecule has 4 nitrogen and oxygen atoms in total. The van der Waals surface area contributed by atoms with E-state index in [-0.39, 0.29) is 5.91 Å². The van der Waals surface area contributed by atoms with Crippen molar-refractivity contribution in [3.63, 3.8) is 0 Å². The van der Waals surface area contributed by atoms with E-state index in [1.807, 2.05) is 32.0 Å². The lowest BCUT2D eigenvalue weighted by molar-refractivity contribution is -0.116. The molecule has 0 saturated carbocycles. The van der Waals surface area contributed by atoms with Gasteiger partial charge in [0.25, 0.3) is 0 Å². The predicted octanol–water partition coefficient (Wildman–Crippen LogP) is 4.13. The maximum absolute atomic E-state index is 11.9. The summed E-state index contributed by atoms with van der Waals surface area (Å²) in [6.45, 7) is 8.41. The van der Waals surface area contributed by atoms with Crippen LogP contribution in [-0.4, -0.2) is 24.0 Å². The molecule has 1 N–H and O–H groups in total. The van der Waals surface area contributed by atoms with Gasteiger partial charge in [-0.2, -0.15) is 0 Å². The molecule has 1 aromatic heterocycles. The zero-order chi connectivity index (χ0) is 16.4. The molecule has 0 bridgehead atoms. The van der Waals surface area contributed by atoms with Gasteiger partial charge in [0.05, 0.1) is 5.52 Å². The molecule has 23 heavy (non-hydrogen) atoms. The van der Waals surface area contributed by atoms with Gasteiger partial charge in [0.2, 0.25) is 5.91 Å². The number of carbonyl (C=O) groups excluding carboxylic acids is 1. The number of rotatable bonds is 4. The van der Waals surface area contributed by atoms with Crippen molar-refractivity contribution in [3.8, 4) is 0 Å². The molecule has 1 aromatic carbocycles. The Balaban J connectivity index is 1.86. The highest BCUT2D eigenvalue weighted by atomic mass is 16.1. The van der Waals surface area contributed by atoms with Crippen molar-refractivity contribution < 1.29 is 4.79 Å². The summed E-state index contributed by atoms with van der Waals surface area (Å²) in [6.07, 6.45) is 3.04. The second-order valence-electron chi connectivity index (χ2n) is 6.87. The number of aryl methyl sites for hydroxylation is 1. The summed E-state index contributed by atoms with van der Waals surface area (Å²) in [5.41, 5.74) is 3.05. The van der Waals surface area contributed by atoms with Crippen LogP contribution < -0.4 is 10.2 Å². The molecule has 0 aliphatic carbocycles. The van der Waals surface area contributed by atoms with Crippen molar-refractivity contribution in [3.05, 3.63) is 29.8 Å². The lowest BCUT2D eigenvalue weighted by Crippen LogP contribution is -2.19. The summed E-state index contributed by atoms with van der Waals surface area (Å²) in [7, 11) is 0. The molecular weight excluding hydrogens is 286 g/mol. The molecular formula is C19H25N3O. The van der Waals surface area contributed by atoms with Gasteiger partial charge < -0.3 is 10.2 Å². The summed E-state index contributed by atoms with van der Waals surface area (Å²) in [5.74, 6) is 1.50. The Morgan fingerprint density at radius 3 is 2.70 bits per heavy atom. The molecule has 0 unspecified atom stereocenters. The minimum absolute atomic E-state index is 0.0682. The number of nitrogens with one attached hydrogen (secondary N) is 1. The maximum atomic E-state index is 11.9. The van der Waals surface area contributed by atoms with Gasteiger partial charge in [0.1, 0.15) is 5.82 Å². The first-order valence-corrected chi connectivity index (χ1v) is 8.49. The number of hydrogen-bond donors (Lipinski definition) is 1. The molecule has 1 fully saturated rings. The first kappa shape index (κ1) is 15.8. The fraction of sp³-hybridized carbons (Fsp3) is 0.474. The third-order valence-corrected chi connectivity index (χ3v) is 4.31. The van der Waals surface area contributed by atoms with Crippen LogP contribution in [-0.2, 0) is 4.79 Å². The number of benzene rings is 1. The number of aromatic nitrogens is 1. The van der Waals surface area contributed by atoms with Gasteiger partial charge in [-0.1, -0.05) is 13.8 Å². The van der Waals surface area contributed by atoms with Gasteiger partial charge in [0, 0.05) is 30.6 Å². The van der Waals surface area contributed by atoms with Crippen molar-refractivity contribution in [2.75, 3.05) is 23.3 Å². The fourth-order valence-corrected chi connectivity index (χ4v) is 3.15. The lowest BCUT2D eigenvalue weighted by atomic mass is 10.1. The first-order valence-electron chi connectivity index (χ1n) is 8.49. The van der Waals surface area contributed by atoms with Crippen LogP contribution in [0.25, 0.3) is 10.9 Å². The highest BCUT2D eigenvalue weighted by Gasteiger charge is 2.15. The monoisotopic (exact) mass is 311 g/mol. The number of nitrogens with zero attached hydrogens (tertiary/aromatic N) is 2. The van der Waals surface area contributed by atoms with Crippen molar-refractivity contribution in [2.24, 2.45) is 5.92 Å². The Morgan fingerprint density at radius 1 is 1.26 bits per heavy atom. The Bertz CT molecular complexity index is 718. The van der Waals surface area contributed by atoms with Crippen LogP contribution in [0.15, 0.2) is 24.3 Å². The second-order valence-corrected chi connectivity index (χ2v) is 6.87. The highest BCUT2D eigenvalue weighted by Crippen LogP contribution is 2.27. The lowest BCUT2D eigenvalue weighted by Gasteiger charge is -2.18. The average Bonchev–Trinajstić information content (AvgIpc) is 3.01. The standard InChI is InChI=1S/C19H25N3O/c1-13(2)10-19(23)20-15-6-7-17-16(12-15)14(3)11-18(21-17)22-8-4-5-9-22/h6-7,11-13H,4-5,8-10H2,1-3H3,(H,20,23). The Morgan fingerprint density at radius 2 is 2.00 bits per heavy atom. The van der Waals surface area contributed by atoms with Crippen molar-refractivity contribution in [1.82, 2.24) is 4.98 Å². The average molecular weight is 311 g/mol. The first-order chi connectivity index (χ1) is 11.0. The number of amides is 1. The Labute approximate surface area is 137 Å². The topological polar surface area (TPSA) is 45.2 Å². The van der Waals surface area contributed by atoms with Crippen LogP contribution >= 0.6 is 0 Å². The molecule has 122 valence electrons. The van der Waals surface area contributed by atoms with E-state index in [1.165, 1.54) is 18.4 Å². The molecule has 2 aromatic rings. The third kappa shape index (κ3) is 3.63. The summed E-state index contributed by atoms with van der Waals surface area (Å²) in [4.78, 5) is 19.1. The van der Waals surface area contributed by atoms with Gasteiger partial charge in [-0.25, -0.2) is 4.98 Å². The van der Waals surface area contributed by atoms with E-state index in [0.29, 0.717) is 12.3 Å². The van der Waals surface area contributed by atoms with Gasteiger partial charge in [0.15, 0.2) is 0 Å². The van der Waals surface area contributed by atoms with Gasteiger partial charge in [-0.3, -0.25) is 4.79 Å². The van der Waals surface area contributed by atoms with Crippen LogP contribution in [0.5, 0.6) is 0 Å². The molecule has 0 spiro atoms. The highest BCUT2D eigenvalue weighted by molar-refractivity contribution is 5.94. The summed E-state index contributed by atoms with van der Waals surface area (Å²) in [6, 6.07) is 8.14. The van der Waals surface area contributed by atoms with E-state index < -0.39 is 0 Å². The molecule has 0 radical (unpaired) electrons. The molecule has 2 heterocycles. The number of anilines is 2. The minimum atomic E-state index is 0.0682. The fourth-order valence-electron chi connectivity index (χ4n) is 3.15. The van der Waals surface area contributed by atoms with Crippen LogP contribution in [0.1, 0.15) is 38.7 Å². The van der Waals surface area contributed by atoms with E-state index >= 15 is 0 Å². The molecule has 0 atom stereocenters. The van der Waals surface area contributed by atoms with Crippen molar-refractivity contribution in [1.29, 1.82) is 0 Å². The van der Waals surface area contributed by atoms with Crippen LogP contribution in [0, 0.1) is 12.8 Å². The Hall–Kier alpha value is -2.10. The minimum Gasteiger partial charge on any atom is -0.357 e. The summed E-state index contributed by atoms with van der Waals surface area (Å²) >= 11 is 0. The largest absolute Gasteiger partial charge is 0.357 e. The van der Waals surface area contributed by atoms with Crippen LogP contribution in [0.4, 0.5) is 11.5 Å². The second kappa shape index (κ2) is 6.57. The van der Waals surface area contributed by atoms with E-state index in [0.717, 1.165) is 35.5 Å². The molecule has 4 heteroatoms. The SMILES string of the molecule is Cc1cc(N2CCCC2)nc2ccc(NC(=O)CC(C)C)cc12. The van der Waals surface area contributed by atoms with Crippen molar-refractivity contribution >= 4 is 28.3 Å². The van der Waals surface area contributed by atoms with E-state index in [9.17, 15) is 4.79 Å². The number of hydrogen-bond acceptors (Lipinski definition) is 3. The van der Waals surface area contributed by atoms with Crippen molar-refractivity contribution in [2.45, 2.75) is 40.0 Å². The molecule has 1 amide bonds. The molecule has 1 aliphatic heterocycles. The van der Waals surface area contributed by atoms with Gasteiger partial charge in [-0.15, -0.1) is 0 Å². The number of pyridine rings is 1. The molecule has 1 aliphatic rings. The maximum Gasteiger partial charge on any atom is 0.224 e. The zero-order valence-electron chi connectivity index (χ0n) is 14.2. The summed E-state index contributed by atoms with van der Waals surface area (Å²) < 4.78 is 0. The zero-order valence-corrected chi connectivity index (χ0v) is 14.2. The van der Waals surface area contributed by atoms with Crippen LogP contribution in [0.2, 0.25) is 0 Å². The number of carbonyl (C=O) groups is 1. The van der Waals surface area contributed by atoms with Gasteiger partial charge >= 0.3 is 0 Å². The number of fused-ring (bicyclic) bond motifs is 1. The predicted molar refractivity (Wildman–Crippen MR) is 96.0 cm³/mol. The third-order valence-electron chi connectivity index (χ3n) is 4.31. The van der Waals surface area contributed by atoms with E-state index in [2.05, 4.69) is 23.2 Å². The Kier molecular flexibility index (Phi) is 4.51. The smallest absolute Gasteiger partial charge is 0.224 e. The van der Waals surface area contributed by atoms with Gasteiger partial charge in [-0.05, 0) is 55.5 Å². The molecule has 3 rings (SSSR count). The van der Waals surface area contributed by atoms with E-state index in [1.54, 1.807) is 0 Å². The normalized spacial score (nSPS) is 14.7.